The minimum Gasteiger partial charge on any atom is -0.482 e. The van der Waals surface area contributed by atoms with Crippen LogP contribution in [-0.2, 0) is 24.3 Å². The molecule has 1 aromatic heterocycles. The van der Waals surface area contributed by atoms with Crippen LogP contribution >= 0.6 is 22.9 Å². The van der Waals surface area contributed by atoms with Crippen molar-refractivity contribution in [3.63, 3.8) is 0 Å². The van der Waals surface area contributed by atoms with E-state index in [1.165, 1.54) is 25.2 Å². The molecule has 1 amide bonds. The normalized spacial score (nSPS) is 10.9. The molecule has 3 aromatic rings. The summed E-state index contributed by atoms with van der Waals surface area (Å²) in [6.45, 7) is -0.869. The number of halogens is 1. The molecule has 3 rings (SSSR count). The number of hydrogen-bond acceptors (Lipinski definition) is 7. The Morgan fingerprint density at radius 2 is 1.72 bits per heavy atom. The maximum Gasteiger partial charge on any atom is 0.344 e. The highest BCUT2D eigenvalue weighted by atomic mass is 35.5. The van der Waals surface area contributed by atoms with Gasteiger partial charge in [0.05, 0.1) is 5.69 Å². The minimum atomic E-state index is -3.64. The maximum atomic E-state index is 12.6. The number of nitrogens with zero attached hydrogens (tertiary/aromatic N) is 1. The second kappa shape index (κ2) is 10.5. The molecule has 0 atom stereocenters. The van der Waals surface area contributed by atoms with E-state index in [2.05, 4.69) is 5.32 Å². The van der Waals surface area contributed by atoms with Crippen LogP contribution in [0.15, 0.2) is 70.3 Å². The van der Waals surface area contributed by atoms with Crippen LogP contribution in [0.2, 0.25) is 5.02 Å². The third-order valence-corrected chi connectivity index (χ3v) is 7.57. The third kappa shape index (κ3) is 6.22. The monoisotopic (exact) mass is 494 g/mol. The van der Waals surface area contributed by atoms with Gasteiger partial charge in [0.25, 0.3) is 15.9 Å². The van der Waals surface area contributed by atoms with Crippen LogP contribution in [0.5, 0.6) is 5.75 Å². The fourth-order valence-electron chi connectivity index (χ4n) is 2.50. The topological polar surface area (TPSA) is 102 Å². The summed E-state index contributed by atoms with van der Waals surface area (Å²) in [6, 6.07) is 15.9. The molecule has 32 heavy (non-hydrogen) atoms. The number of nitrogens with one attached hydrogen (secondary N) is 1. The molecule has 0 aliphatic rings. The number of thiophene rings is 1. The number of anilines is 2. The number of carbonyl (C=O) groups excluding carboxylic acids is 2. The first-order valence-corrected chi connectivity index (χ1v) is 11.9. The summed E-state index contributed by atoms with van der Waals surface area (Å²) in [5.74, 6) is -0.879. The molecule has 11 heteroatoms. The average Bonchev–Trinajstić information content (AvgIpc) is 3.34. The van der Waals surface area contributed by atoms with Crippen LogP contribution in [0.25, 0.3) is 0 Å². The fraction of sp³-hybridized carbons (Fsp3) is 0.143. The lowest BCUT2D eigenvalue weighted by Gasteiger charge is -2.18. The first kappa shape index (κ1) is 23.6. The minimum absolute atomic E-state index is 0.239. The molecular formula is C21H19ClN2O6S2. The Labute approximate surface area is 194 Å². The number of ether oxygens (including phenoxy) is 2. The summed E-state index contributed by atoms with van der Waals surface area (Å²) in [7, 11) is -2.18. The number of esters is 1. The smallest absolute Gasteiger partial charge is 0.344 e. The summed E-state index contributed by atoms with van der Waals surface area (Å²) in [6.07, 6.45) is 0. The summed E-state index contributed by atoms with van der Waals surface area (Å²) < 4.78 is 36.7. The Morgan fingerprint density at radius 3 is 2.34 bits per heavy atom. The number of benzene rings is 2. The van der Waals surface area contributed by atoms with Crippen LogP contribution in [0.1, 0.15) is 0 Å². The van der Waals surface area contributed by atoms with Crippen LogP contribution in [0, 0.1) is 0 Å². The van der Waals surface area contributed by atoms with E-state index >= 15 is 0 Å². The molecule has 168 valence electrons. The van der Waals surface area contributed by atoms with Crippen molar-refractivity contribution in [1.29, 1.82) is 0 Å². The molecular weight excluding hydrogens is 476 g/mol. The number of hydrogen-bond donors (Lipinski definition) is 1. The van der Waals surface area contributed by atoms with E-state index in [-0.39, 0.29) is 4.21 Å². The van der Waals surface area contributed by atoms with Crippen molar-refractivity contribution in [3.8, 4) is 5.75 Å². The average molecular weight is 495 g/mol. The number of rotatable bonds is 9. The zero-order valence-electron chi connectivity index (χ0n) is 16.9. The standard InChI is InChI=1S/C21H19ClN2O6S2/c1-24(32(27,28)21-3-2-12-31-21)17-8-10-18(11-9-17)29-14-20(26)30-13-19(25)23-16-6-4-15(22)5-7-16/h2-12H,13-14H2,1H3,(H,23,25). The highest BCUT2D eigenvalue weighted by Gasteiger charge is 2.22. The molecule has 1 heterocycles. The third-order valence-electron chi connectivity index (χ3n) is 4.16. The van der Waals surface area contributed by atoms with Gasteiger partial charge in [-0.3, -0.25) is 9.10 Å². The summed E-state index contributed by atoms with van der Waals surface area (Å²) in [5.41, 5.74) is 0.963. The predicted molar refractivity (Wildman–Crippen MR) is 123 cm³/mol. The molecule has 0 saturated heterocycles. The SMILES string of the molecule is CN(c1ccc(OCC(=O)OCC(=O)Nc2ccc(Cl)cc2)cc1)S(=O)(=O)c1cccs1. The second-order valence-electron chi connectivity index (χ2n) is 6.40. The van der Waals surface area contributed by atoms with E-state index in [0.29, 0.717) is 22.1 Å². The van der Waals surface area contributed by atoms with Crippen LogP contribution in [0.3, 0.4) is 0 Å². The van der Waals surface area contributed by atoms with Gasteiger partial charge < -0.3 is 14.8 Å². The molecule has 0 saturated carbocycles. The summed E-state index contributed by atoms with van der Waals surface area (Å²) in [5, 5.41) is 4.80. The number of carbonyl (C=O) groups is 2. The van der Waals surface area contributed by atoms with Gasteiger partial charge in [-0.15, -0.1) is 11.3 Å². The molecule has 0 bridgehead atoms. The van der Waals surface area contributed by atoms with Gasteiger partial charge in [0, 0.05) is 17.8 Å². The van der Waals surface area contributed by atoms with Crippen LogP contribution in [0.4, 0.5) is 11.4 Å². The Balaban J connectivity index is 1.46. The van der Waals surface area contributed by atoms with Crippen molar-refractivity contribution in [2.75, 3.05) is 29.9 Å². The molecule has 1 N–H and O–H groups in total. The van der Waals surface area contributed by atoms with Gasteiger partial charge in [0.2, 0.25) is 0 Å². The van der Waals surface area contributed by atoms with Gasteiger partial charge in [-0.1, -0.05) is 17.7 Å². The lowest BCUT2D eigenvalue weighted by atomic mass is 10.3. The van der Waals surface area contributed by atoms with Crippen molar-refractivity contribution in [2.45, 2.75) is 4.21 Å². The maximum absolute atomic E-state index is 12.6. The molecule has 0 spiro atoms. The highest BCUT2D eigenvalue weighted by molar-refractivity contribution is 7.94. The molecule has 2 aromatic carbocycles. The predicted octanol–water partition coefficient (Wildman–Crippen LogP) is 3.79. The lowest BCUT2D eigenvalue weighted by molar-refractivity contribution is -0.149. The Hall–Kier alpha value is -3.08. The van der Waals surface area contributed by atoms with Gasteiger partial charge in [-0.05, 0) is 60.0 Å². The molecule has 0 aliphatic heterocycles. The van der Waals surface area contributed by atoms with Gasteiger partial charge in [-0.25, -0.2) is 13.2 Å². The first-order valence-electron chi connectivity index (χ1n) is 9.22. The van der Waals surface area contributed by atoms with E-state index in [1.54, 1.807) is 47.8 Å². The van der Waals surface area contributed by atoms with Gasteiger partial charge in [0.1, 0.15) is 9.96 Å². The van der Waals surface area contributed by atoms with Crippen LogP contribution in [-0.4, -0.2) is 40.6 Å². The summed E-state index contributed by atoms with van der Waals surface area (Å²) in [4.78, 5) is 23.7. The Morgan fingerprint density at radius 1 is 1.03 bits per heavy atom. The molecule has 0 fully saturated rings. The van der Waals surface area contributed by atoms with Crippen LogP contribution < -0.4 is 14.4 Å². The van der Waals surface area contributed by atoms with E-state index in [0.717, 1.165) is 15.6 Å². The fourth-order valence-corrected chi connectivity index (χ4v) is 4.98. The van der Waals surface area contributed by atoms with E-state index in [4.69, 9.17) is 21.1 Å². The highest BCUT2D eigenvalue weighted by Crippen LogP contribution is 2.26. The second-order valence-corrected chi connectivity index (χ2v) is 9.98. The van der Waals surface area contributed by atoms with Crippen molar-refractivity contribution in [3.05, 3.63) is 71.1 Å². The number of amides is 1. The first-order chi connectivity index (χ1) is 15.3. The van der Waals surface area contributed by atoms with Crippen molar-refractivity contribution >= 4 is 56.2 Å². The lowest BCUT2D eigenvalue weighted by Crippen LogP contribution is -2.25. The van der Waals surface area contributed by atoms with Gasteiger partial charge >= 0.3 is 5.97 Å². The summed E-state index contributed by atoms with van der Waals surface area (Å²) >= 11 is 6.91. The molecule has 0 unspecified atom stereocenters. The van der Waals surface area contributed by atoms with Gasteiger partial charge in [-0.2, -0.15) is 0 Å². The number of sulfonamides is 1. The molecule has 8 nitrogen and oxygen atoms in total. The van der Waals surface area contributed by atoms with Crippen molar-refractivity contribution < 1.29 is 27.5 Å². The zero-order chi connectivity index (χ0) is 23.1. The Kier molecular flexibility index (Phi) is 7.73. The molecule has 0 aliphatic carbocycles. The van der Waals surface area contributed by atoms with Crippen molar-refractivity contribution in [1.82, 2.24) is 0 Å². The quantitative estimate of drug-likeness (QED) is 0.454. The zero-order valence-corrected chi connectivity index (χ0v) is 19.2. The van der Waals surface area contributed by atoms with Gasteiger partial charge in [0.15, 0.2) is 13.2 Å². The largest absolute Gasteiger partial charge is 0.482 e. The van der Waals surface area contributed by atoms with E-state index in [9.17, 15) is 18.0 Å². The van der Waals surface area contributed by atoms with E-state index < -0.39 is 35.1 Å². The van der Waals surface area contributed by atoms with E-state index in [1.807, 2.05) is 0 Å². The molecule has 0 radical (unpaired) electrons. The Bertz CT molecular complexity index is 1160. The van der Waals surface area contributed by atoms with Crippen molar-refractivity contribution in [2.24, 2.45) is 0 Å².